The molecule has 6 nitrogen and oxygen atoms in total. The van der Waals surface area contributed by atoms with Crippen LogP contribution in [-0.2, 0) is 4.74 Å². The average molecular weight is 252 g/mol. The quantitative estimate of drug-likeness (QED) is 0.783. The van der Waals surface area contributed by atoms with E-state index >= 15 is 0 Å². The highest BCUT2D eigenvalue weighted by Crippen LogP contribution is 2.18. The van der Waals surface area contributed by atoms with E-state index in [1.807, 2.05) is 0 Å². The Morgan fingerprint density at radius 1 is 1.50 bits per heavy atom. The minimum atomic E-state index is -0.264. The normalized spacial score (nSPS) is 11.3. The predicted octanol–water partition coefficient (Wildman–Crippen LogP) is 0.851. The Morgan fingerprint density at radius 2 is 2.22 bits per heavy atom. The zero-order valence-electron chi connectivity index (χ0n) is 11.1. The van der Waals surface area contributed by atoms with Crippen LogP contribution in [0.25, 0.3) is 0 Å². The highest BCUT2D eigenvalue weighted by atomic mass is 16.5. The van der Waals surface area contributed by atoms with Crippen LogP contribution < -0.4 is 11.1 Å². The Hall–Kier alpha value is -1.69. The van der Waals surface area contributed by atoms with Gasteiger partial charge in [0.2, 0.25) is 0 Å². The fourth-order valence-corrected chi connectivity index (χ4v) is 1.37. The van der Waals surface area contributed by atoms with Gasteiger partial charge >= 0.3 is 0 Å². The second-order valence-corrected chi connectivity index (χ2v) is 4.92. The number of hydrogen-bond donors (Lipinski definition) is 2. The van der Waals surface area contributed by atoms with Gasteiger partial charge in [-0.15, -0.1) is 0 Å². The number of carbonyl (C=O) groups excluding carboxylic acids is 1. The van der Waals surface area contributed by atoms with Gasteiger partial charge in [-0.3, -0.25) is 9.78 Å². The number of carbonyl (C=O) groups is 1. The highest BCUT2D eigenvalue weighted by Gasteiger charge is 2.19. The Morgan fingerprint density at radius 3 is 2.83 bits per heavy atom. The van der Waals surface area contributed by atoms with E-state index in [0.717, 1.165) is 6.42 Å². The first-order chi connectivity index (χ1) is 8.44. The summed E-state index contributed by atoms with van der Waals surface area (Å²) in [5.74, 6) is -0.0263. The van der Waals surface area contributed by atoms with Gasteiger partial charge in [-0.05, 0) is 11.8 Å². The maximum Gasteiger partial charge on any atom is 0.271 e. The smallest absolute Gasteiger partial charge is 0.271 e. The largest absolute Gasteiger partial charge is 0.385 e. The third-order valence-electron chi connectivity index (χ3n) is 2.60. The molecule has 0 unspecified atom stereocenters. The summed E-state index contributed by atoms with van der Waals surface area (Å²) >= 11 is 0. The fraction of sp³-hybridized carbons (Fsp3) is 0.583. The molecule has 0 aliphatic rings. The minimum absolute atomic E-state index is 0.0283. The molecule has 6 heteroatoms. The van der Waals surface area contributed by atoms with Gasteiger partial charge in [0.05, 0.1) is 12.4 Å². The van der Waals surface area contributed by atoms with Crippen LogP contribution in [0.1, 0.15) is 30.8 Å². The molecule has 0 aliphatic carbocycles. The number of ether oxygens (including phenoxy) is 1. The molecule has 1 rings (SSSR count). The molecule has 0 atom stereocenters. The molecule has 1 heterocycles. The molecule has 1 aromatic rings. The van der Waals surface area contributed by atoms with Crippen molar-refractivity contribution in [1.82, 2.24) is 15.3 Å². The van der Waals surface area contributed by atoms with Gasteiger partial charge in [0, 0.05) is 20.3 Å². The number of anilines is 1. The Balaban J connectivity index is 2.50. The summed E-state index contributed by atoms with van der Waals surface area (Å²) in [6.45, 7) is 5.35. The van der Waals surface area contributed by atoms with E-state index in [4.69, 9.17) is 10.5 Å². The highest BCUT2D eigenvalue weighted by molar-refractivity contribution is 5.92. The van der Waals surface area contributed by atoms with Crippen LogP contribution in [0.4, 0.5) is 5.82 Å². The van der Waals surface area contributed by atoms with Crippen LogP contribution in [0, 0.1) is 5.41 Å². The zero-order valence-corrected chi connectivity index (χ0v) is 11.1. The van der Waals surface area contributed by atoms with Crippen LogP contribution in [0.2, 0.25) is 0 Å². The maximum absolute atomic E-state index is 11.8. The Labute approximate surface area is 107 Å². The Bertz CT molecular complexity index is 407. The average Bonchev–Trinajstić information content (AvgIpc) is 2.34. The first-order valence-corrected chi connectivity index (χ1v) is 5.79. The van der Waals surface area contributed by atoms with Crippen LogP contribution in [-0.4, -0.2) is 36.1 Å². The van der Waals surface area contributed by atoms with Gasteiger partial charge in [0.1, 0.15) is 11.5 Å². The molecule has 0 radical (unpaired) electrons. The number of rotatable bonds is 6. The lowest BCUT2D eigenvalue weighted by atomic mass is 9.90. The van der Waals surface area contributed by atoms with E-state index in [9.17, 15) is 4.79 Å². The summed E-state index contributed by atoms with van der Waals surface area (Å²) in [5.41, 5.74) is 5.68. The number of nitrogens with zero attached hydrogens (tertiary/aromatic N) is 2. The van der Waals surface area contributed by atoms with Crippen molar-refractivity contribution in [3.8, 4) is 0 Å². The second-order valence-electron chi connectivity index (χ2n) is 4.92. The van der Waals surface area contributed by atoms with Crippen molar-refractivity contribution < 1.29 is 9.53 Å². The second kappa shape index (κ2) is 6.30. The first-order valence-electron chi connectivity index (χ1n) is 5.79. The lowest BCUT2D eigenvalue weighted by Gasteiger charge is -2.24. The maximum atomic E-state index is 11.8. The lowest BCUT2D eigenvalue weighted by Crippen LogP contribution is -2.35. The number of nitrogen functional groups attached to an aromatic ring is 1. The molecule has 3 N–H and O–H groups in total. The van der Waals surface area contributed by atoms with Gasteiger partial charge in [0.25, 0.3) is 5.91 Å². The molecule has 0 saturated carbocycles. The van der Waals surface area contributed by atoms with Crippen molar-refractivity contribution in [2.75, 3.05) is 26.0 Å². The monoisotopic (exact) mass is 252 g/mol. The summed E-state index contributed by atoms with van der Waals surface area (Å²) in [7, 11) is 1.66. The van der Waals surface area contributed by atoms with E-state index < -0.39 is 0 Å². The molecule has 0 saturated heterocycles. The topological polar surface area (TPSA) is 90.1 Å². The van der Waals surface area contributed by atoms with Gasteiger partial charge in [-0.25, -0.2) is 4.98 Å². The minimum Gasteiger partial charge on any atom is -0.385 e. The van der Waals surface area contributed by atoms with Gasteiger partial charge in [-0.2, -0.15) is 0 Å². The molecule has 0 aliphatic heterocycles. The number of hydrogen-bond acceptors (Lipinski definition) is 5. The van der Waals surface area contributed by atoms with E-state index in [2.05, 4.69) is 29.1 Å². The van der Waals surface area contributed by atoms with E-state index in [1.165, 1.54) is 12.4 Å². The van der Waals surface area contributed by atoms with Crippen LogP contribution in [0.5, 0.6) is 0 Å². The molecule has 0 aromatic carbocycles. The Kier molecular flexibility index (Phi) is 5.03. The van der Waals surface area contributed by atoms with E-state index in [1.54, 1.807) is 7.11 Å². The number of methoxy groups -OCH3 is 1. The summed E-state index contributed by atoms with van der Waals surface area (Å²) in [6.07, 6.45) is 3.67. The van der Waals surface area contributed by atoms with Crippen molar-refractivity contribution in [3.63, 3.8) is 0 Å². The van der Waals surface area contributed by atoms with Gasteiger partial charge < -0.3 is 15.8 Å². The lowest BCUT2D eigenvalue weighted by molar-refractivity contribution is 0.0915. The van der Waals surface area contributed by atoms with Crippen LogP contribution >= 0.6 is 0 Å². The molecule has 1 amide bonds. The van der Waals surface area contributed by atoms with E-state index in [-0.39, 0.29) is 22.8 Å². The zero-order chi connectivity index (χ0) is 13.6. The summed E-state index contributed by atoms with van der Waals surface area (Å²) in [4.78, 5) is 19.6. The molecule has 100 valence electrons. The number of amides is 1. The number of nitrogens with two attached hydrogens (primary N) is 1. The van der Waals surface area contributed by atoms with Crippen molar-refractivity contribution in [2.24, 2.45) is 5.41 Å². The van der Waals surface area contributed by atoms with Crippen molar-refractivity contribution in [1.29, 1.82) is 0 Å². The third kappa shape index (κ3) is 4.67. The number of aromatic nitrogens is 2. The fourth-order valence-electron chi connectivity index (χ4n) is 1.37. The van der Waals surface area contributed by atoms with Crippen molar-refractivity contribution in [2.45, 2.75) is 20.3 Å². The molecular formula is C12H20N4O2. The SMILES string of the molecule is COCCC(C)(C)CNC(=O)c1cncc(N)n1. The number of nitrogens with one attached hydrogen (secondary N) is 1. The summed E-state index contributed by atoms with van der Waals surface area (Å²) < 4.78 is 5.03. The molecular weight excluding hydrogens is 232 g/mol. The van der Waals surface area contributed by atoms with Crippen LogP contribution in [0.15, 0.2) is 12.4 Å². The summed E-state index contributed by atoms with van der Waals surface area (Å²) in [6, 6.07) is 0. The van der Waals surface area contributed by atoms with Crippen molar-refractivity contribution in [3.05, 3.63) is 18.1 Å². The van der Waals surface area contributed by atoms with Crippen LogP contribution in [0.3, 0.4) is 0 Å². The van der Waals surface area contributed by atoms with Gasteiger partial charge in [0.15, 0.2) is 0 Å². The molecule has 0 spiro atoms. The standard InChI is InChI=1S/C12H20N4O2/c1-12(2,4-5-18-3)8-15-11(17)9-6-14-7-10(13)16-9/h6-7H,4-5,8H2,1-3H3,(H2,13,16)(H,15,17). The van der Waals surface area contributed by atoms with Crippen molar-refractivity contribution >= 4 is 11.7 Å². The molecule has 0 fully saturated rings. The molecule has 1 aromatic heterocycles. The third-order valence-corrected chi connectivity index (χ3v) is 2.60. The van der Waals surface area contributed by atoms with Gasteiger partial charge in [-0.1, -0.05) is 13.8 Å². The van der Waals surface area contributed by atoms with E-state index in [0.29, 0.717) is 13.2 Å². The molecule has 18 heavy (non-hydrogen) atoms. The first kappa shape index (κ1) is 14.4. The molecule has 0 bridgehead atoms. The summed E-state index contributed by atoms with van der Waals surface area (Å²) in [5, 5.41) is 2.82. The predicted molar refractivity (Wildman–Crippen MR) is 69.1 cm³/mol.